The van der Waals surface area contributed by atoms with E-state index in [1.54, 1.807) is 19.2 Å². The van der Waals surface area contributed by atoms with Crippen molar-refractivity contribution in [2.24, 2.45) is 11.8 Å². The number of amides is 2. The highest BCUT2D eigenvalue weighted by Crippen LogP contribution is 2.42. The number of rotatable bonds is 5. The quantitative estimate of drug-likeness (QED) is 0.379. The average Bonchev–Trinajstić information content (AvgIpc) is 3.13. The molecule has 2 amide bonds. The maximum atomic E-state index is 12.9. The van der Waals surface area contributed by atoms with E-state index in [9.17, 15) is 19.7 Å². The van der Waals surface area contributed by atoms with Crippen LogP contribution in [-0.4, -0.2) is 50.0 Å². The normalized spacial score (nSPS) is 22.7. The number of anilines is 3. The van der Waals surface area contributed by atoms with Gasteiger partial charge in [-0.2, -0.15) is 0 Å². The van der Waals surface area contributed by atoms with Crippen molar-refractivity contribution < 1.29 is 19.2 Å². The molecule has 0 unspecified atom stereocenters. The van der Waals surface area contributed by atoms with Gasteiger partial charge < -0.3 is 14.5 Å². The van der Waals surface area contributed by atoms with Crippen molar-refractivity contribution in [3.05, 3.63) is 52.6 Å². The number of piperazine rings is 1. The van der Waals surface area contributed by atoms with Gasteiger partial charge in [0.2, 0.25) is 11.8 Å². The average molecular weight is 465 g/mol. The molecule has 2 aromatic rings. The molecule has 2 aromatic carbocycles. The van der Waals surface area contributed by atoms with Crippen molar-refractivity contribution in [3.8, 4) is 5.75 Å². The lowest BCUT2D eigenvalue weighted by Crippen LogP contribution is -2.46. The first-order valence-electron chi connectivity index (χ1n) is 11.8. The Morgan fingerprint density at radius 2 is 1.53 bits per heavy atom. The molecule has 3 fully saturated rings. The molecular weight excluding hydrogens is 436 g/mol. The zero-order valence-corrected chi connectivity index (χ0v) is 19.2. The van der Waals surface area contributed by atoms with Crippen LogP contribution in [0.15, 0.2) is 42.5 Å². The summed E-state index contributed by atoms with van der Waals surface area (Å²) in [6, 6.07) is 12.6. The lowest BCUT2D eigenvalue weighted by Gasteiger charge is -2.37. The van der Waals surface area contributed by atoms with Crippen molar-refractivity contribution in [1.29, 1.82) is 0 Å². The molecule has 0 bridgehead atoms. The van der Waals surface area contributed by atoms with Gasteiger partial charge in [-0.3, -0.25) is 19.7 Å². The summed E-state index contributed by atoms with van der Waals surface area (Å²) in [5.74, 6) is -0.223. The Labute approximate surface area is 198 Å². The Balaban J connectivity index is 1.36. The third kappa shape index (κ3) is 3.85. The predicted molar refractivity (Wildman–Crippen MR) is 128 cm³/mol. The van der Waals surface area contributed by atoms with Crippen molar-refractivity contribution in [2.75, 3.05) is 48.0 Å². The second-order valence-electron chi connectivity index (χ2n) is 9.12. The number of nitrogens with zero attached hydrogens (tertiary/aromatic N) is 4. The van der Waals surface area contributed by atoms with E-state index in [1.165, 1.54) is 11.0 Å². The Hall–Kier alpha value is -3.62. The van der Waals surface area contributed by atoms with Gasteiger partial charge in [0, 0.05) is 44.0 Å². The van der Waals surface area contributed by atoms with Crippen LogP contribution in [0, 0.1) is 22.0 Å². The van der Waals surface area contributed by atoms with Crippen LogP contribution in [0.1, 0.15) is 25.7 Å². The molecule has 9 nitrogen and oxygen atoms in total. The highest BCUT2D eigenvalue weighted by molar-refractivity contribution is 6.22. The SMILES string of the molecule is COc1cccc(N2CCN(c3ccc(N4C(=O)[C@H]5CCCC[C@H]5C4=O)cc3[N+](=O)[O-])CC2)c1. The first-order chi connectivity index (χ1) is 16.5. The molecule has 2 aliphatic heterocycles. The summed E-state index contributed by atoms with van der Waals surface area (Å²) in [4.78, 5) is 42.8. The number of imide groups is 1. The summed E-state index contributed by atoms with van der Waals surface area (Å²) in [5.41, 5.74) is 1.78. The molecule has 2 saturated heterocycles. The maximum absolute atomic E-state index is 12.9. The minimum Gasteiger partial charge on any atom is -0.497 e. The van der Waals surface area contributed by atoms with Gasteiger partial charge in [-0.15, -0.1) is 0 Å². The van der Waals surface area contributed by atoms with E-state index in [0.717, 1.165) is 24.3 Å². The fourth-order valence-electron chi connectivity index (χ4n) is 5.49. The number of hydrogen-bond donors (Lipinski definition) is 0. The van der Waals surface area contributed by atoms with E-state index in [0.29, 0.717) is 50.4 Å². The van der Waals surface area contributed by atoms with Gasteiger partial charge in [0.05, 0.1) is 29.6 Å². The van der Waals surface area contributed by atoms with Gasteiger partial charge in [-0.1, -0.05) is 18.9 Å². The van der Waals surface area contributed by atoms with Crippen LogP contribution in [0.3, 0.4) is 0 Å². The summed E-state index contributed by atoms with van der Waals surface area (Å²) in [6.45, 7) is 2.64. The van der Waals surface area contributed by atoms with E-state index in [4.69, 9.17) is 4.74 Å². The summed E-state index contributed by atoms with van der Waals surface area (Å²) < 4.78 is 5.31. The van der Waals surface area contributed by atoms with E-state index in [1.807, 2.05) is 29.2 Å². The molecule has 0 radical (unpaired) electrons. The monoisotopic (exact) mass is 464 g/mol. The van der Waals surface area contributed by atoms with Crippen LogP contribution >= 0.6 is 0 Å². The minimum atomic E-state index is -0.425. The van der Waals surface area contributed by atoms with Gasteiger partial charge in [0.25, 0.3) is 5.69 Å². The van der Waals surface area contributed by atoms with E-state index in [-0.39, 0.29) is 29.3 Å². The lowest BCUT2D eigenvalue weighted by atomic mass is 9.81. The smallest absolute Gasteiger partial charge is 0.294 e. The fourth-order valence-corrected chi connectivity index (χ4v) is 5.49. The van der Waals surface area contributed by atoms with Gasteiger partial charge >= 0.3 is 0 Å². The number of carbonyl (C=O) groups excluding carboxylic acids is 2. The number of methoxy groups -OCH3 is 1. The standard InChI is InChI=1S/C25H28N4O5/c1-34-19-6-4-5-17(15-19)26-11-13-27(14-12-26)22-10-9-18(16-23(22)29(32)33)28-24(30)20-7-2-3-8-21(20)25(28)31/h4-6,9-10,15-16,20-21H,2-3,7-8,11-14H2,1H3/t20-,21+. The topological polar surface area (TPSA) is 96.2 Å². The lowest BCUT2D eigenvalue weighted by molar-refractivity contribution is -0.384. The number of carbonyl (C=O) groups is 2. The molecule has 5 rings (SSSR count). The molecule has 0 N–H and O–H groups in total. The Kier molecular flexibility index (Phi) is 5.85. The van der Waals surface area contributed by atoms with Gasteiger partial charge in [0.1, 0.15) is 11.4 Å². The summed E-state index contributed by atoms with van der Waals surface area (Å²) in [5, 5.41) is 12.0. The molecule has 34 heavy (non-hydrogen) atoms. The van der Waals surface area contributed by atoms with Gasteiger partial charge in [-0.05, 0) is 37.1 Å². The number of benzene rings is 2. The molecule has 2 heterocycles. The first-order valence-corrected chi connectivity index (χ1v) is 11.8. The van der Waals surface area contributed by atoms with Crippen LogP contribution in [0.5, 0.6) is 5.75 Å². The second-order valence-corrected chi connectivity index (χ2v) is 9.12. The van der Waals surface area contributed by atoms with Gasteiger partial charge in [-0.25, -0.2) is 4.90 Å². The molecule has 0 spiro atoms. The second kappa shape index (κ2) is 8.96. The van der Waals surface area contributed by atoms with Crippen LogP contribution in [0.4, 0.5) is 22.7 Å². The molecule has 3 aliphatic rings. The van der Waals surface area contributed by atoms with Crippen molar-refractivity contribution in [3.63, 3.8) is 0 Å². The van der Waals surface area contributed by atoms with Crippen LogP contribution in [0.2, 0.25) is 0 Å². The van der Waals surface area contributed by atoms with Crippen molar-refractivity contribution in [1.82, 2.24) is 0 Å². The molecule has 9 heteroatoms. The highest BCUT2D eigenvalue weighted by atomic mass is 16.6. The summed E-state index contributed by atoms with van der Waals surface area (Å²) >= 11 is 0. The fraction of sp³-hybridized carbons (Fsp3) is 0.440. The molecule has 178 valence electrons. The Bertz CT molecular complexity index is 1100. The molecule has 0 aromatic heterocycles. The molecule has 1 aliphatic carbocycles. The largest absolute Gasteiger partial charge is 0.497 e. The predicted octanol–water partition coefficient (Wildman–Crippen LogP) is 3.61. The number of nitro groups is 1. The minimum absolute atomic E-state index is 0.0807. The van der Waals surface area contributed by atoms with E-state index in [2.05, 4.69) is 4.90 Å². The third-order valence-electron chi connectivity index (χ3n) is 7.29. The van der Waals surface area contributed by atoms with Gasteiger partial charge in [0.15, 0.2) is 0 Å². The zero-order valence-electron chi connectivity index (χ0n) is 19.2. The number of nitro benzene ring substituents is 1. The van der Waals surface area contributed by atoms with Crippen molar-refractivity contribution in [2.45, 2.75) is 25.7 Å². The third-order valence-corrected chi connectivity index (χ3v) is 7.29. The van der Waals surface area contributed by atoms with Crippen LogP contribution in [-0.2, 0) is 9.59 Å². The summed E-state index contributed by atoms with van der Waals surface area (Å²) in [6.07, 6.45) is 3.30. The maximum Gasteiger partial charge on any atom is 0.294 e. The number of fused-ring (bicyclic) bond motifs is 1. The highest BCUT2D eigenvalue weighted by Gasteiger charge is 2.49. The number of ether oxygens (including phenoxy) is 1. The molecular formula is C25H28N4O5. The molecule has 2 atom stereocenters. The zero-order chi connectivity index (χ0) is 23.8. The van der Waals surface area contributed by atoms with Crippen molar-refractivity contribution >= 4 is 34.6 Å². The van der Waals surface area contributed by atoms with E-state index < -0.39 is 4.92 Å². The first kappa shape index (κ1) is 22.2. The van der Waals surface area contributed by atoms with E-state index >= 15 is 0 Å². The number of hydrogen-bond acceptors (Lipinski definition) is 7. The van der Waals surface area contributed by atoms with Crippen LogP contribution in [0.25, 0.3) is 0 Å². The molecule has 1 saturated carbocycles. The van der Waals surface area contributed by atoms with Crippen LogP contribution < -0.4 is 19.4 Å². The summed E-state index contributed by atoms with van der Waals surface area (Å²) in [7, 11) is 1.64. The Morgan fingerprint density at radius 3 is 2.15 bits per heavy atom. The Morgan fingerprint density at radius 1 is 0.882 bits per heavy atom.